The van der Waals surface area contributed by atoms with E-state index in [4.69, 9.17) is 0 Å². The van der Waals surface area contributed by atoms with Crippen LogP contribution < -0.4 is 9.62 Å². The summed E-state index contributed by atoms with van der Waals surface area (Å²) in [5, 5.41) is 2.47. The van der Waals surface area contributed by atoms with Gasteiger partial charge in [0.15, 0.2) is 0 Å². The first-order valence-electron chi connectivity index (χ1n) is 7.21. The lowest BCUT2D eigenvalue weighted by atomic mass is 10.1. The molecule has 1 amide bonds. The molecule has 1 N–H and O–H groups in total. The molecule has 0 heterocycles. The van der Waals surface area contributed by atoms with Crippen molar-refractivity contribution in [1.29, 1.82) is 0 Å². The van der Waals surface area contributed by atoms with Crippen LogP contribution >= 0.6 is 0 Å². The zero-order valence-electron chi connectivity index (χ0n) is 13.4. The smallest absolute Gasteiger partial charge is 0.264 e. The number of nitrogens with one attached hydrogen (secondary N) is 1. The Kier molecular flexibility index (Phi) is 5.05. The van der Waals surface area contributed by atoms with E-state index in [0.717, 1.165) is 15.4 Å². The third-order valence-corrected chi connectivity index (χ3v) is 5.18. The summed E-state index contributed by atoms with van der Waals surface area (Å²) in [4.78, 5) is 12.0. The molecular formula is C17H20N2O3S. The van der Waals surface area contributed by atoms with E-state index in [1.54, 1.807) is 30.3 Å². The van der Waals surface area contributed by atoms with Gasteiger partial charge >= 0.3 is 0 Å². The summed E-state index contributed by atoms with van der Waals surface area (Å²) >= 11 is 0. The molecule has 2 aromatic carbocycles. The molecule has 0 radical (unpaired) electrons. The average Bonchev–Trinajstić information content (AvgIpc) is 2.52. The van der Waals surface area contributed by atoms with E-state index in [-0.39, 0.29) is 17.3 Å². The number of aryl methyl sites for hydroxylation is 2. The Bertz CT molecular complexity index is 782. The molecule has 0 aliphatic rings. The summed E-state index contributed by atoms with van der Waals surface area (Å²) in [6, 6.07) is 13.6. The van der Waals surface area contributed by atoms with Gasteiger partial charge in [-0.2, -0.15) is 0 Å². The fourth-order valence-corrected chi connectivity index (χ4v) is 3.76. The van der Waals surface area contributed by atoms with Gasteiger partial charge in [-0.15, -0.1) is 0 Å². The molecule has 0 fully saturated rings. The largest absolute Gasteiger partial charge is 0.358 e. The predicted molar refractivity (Wildman–Crippen MR) is 91.0 cm³/mol. The number of hydrogen-bond donors (Lipinski definition) is 1. The molecular weight excluding hydrogens is 312 g/mol. The van der Waals surface area contributed by atoms with Crippen LogP contribution in [0.5, 0.6) is 0 Å². The van der Waals surface area contributed by atoms with Gasteiger partial charge in [-0.05, 0) is 49.2 Å². The van der Waals surface area contributed by atoms with Gasteiger partial charge in [0.2, 0.25) is 5.91 Å². The van der Waals surface area contributed by atoms with Crippen LogP contribution in [0.15, 0.2) is 53.4 Å². The number of sulfonamides is 1. The van der Waals surface area contributed by atoms with Crippen molar-refractivity contribution >= 4 is 21.6 Å². The van der Waals surface area contributed by atoms with Crippen molar-refractivity contribution in [3.05, 3.63) is 59.7 Å². The lowest BCUT2D eigenvalue weighted by Crippen LogP contribution is -2.39. The number of likely N-dealkylation sites (N-methyl/N-ethyl adjacent to an activating group) is 1. The van der Waals surface area contributed by atoms with Gasteiger partial charge in [0.05, 0.1) is 10.6 Å². The number of anilines is 1. The Labute approximate surface area is 137 Å². The number of benzene rings is 2. The predicted octanol–water partition coefficient (Wildman–Crippen LogP) is 2.24. The fraction of sp³-hybridized carbons (Fsp3) is 0.235. The number of hydrogen-bond acceptors (Lipinski definition) is 3. The van der Waals surface area contributed by atoms with Crippen molar-refractivity contribution in [1.82, 2.24) is 5.32 Å². The Morgan fingerprint density at radius 1 is 1.04 bits per heavy atom. The Balaban J connectivity index is 2.56. The molecule has 0 aromatic heterocycles. The lowest BCUT2D eigenvalue weighted by molar-refractivity contribution is -0.119. The van der Waals surface area contributed by atoms with Gasteiger partial charge in [0.1, 0.15) is 6.54 Å². The molecule has 0 saturated carbocycles. The molecule has 122 valence electrons. The first-order valence-corrected chi connectivity index (χ1v) is 8.65. The van der Waals surface area contributed by atoms with Crippen molar-refractivity contribution in [2.45, 2.75) is 18.7 Å². The van der Waals surface area contributed by atoms with Crippen LogP contribution in [0.1, 0.15) is 11.1 Å². The van der Waals surface area contributed by atoms with Gasteiger partial charge in [-0.3, -0.25) is 9.10 Å². The molecule has 5 nitrogen and oxygen atoms in total. The minimum atomic E-state index is -3.82. The SMILES string of the molecule is CNC(=O)CN(c1cc(C)cc(C)c1)S(=O)(=O)c1ccccc1. The van der Waals surface area contributed by atoms with Gasteiger partial charge in [-0.1, -0.05) is 24.3 Å². The highest BCUT2D eigenvalue weighted by molar-refractivity contribution is 7.92. The van der Waals surface area contributed by atoms with Gasteiger partial charge < -0.3 is 5.32 Å². The Morgan fingerprint density at radius 2 is 1.61 bits per heavy atom. The van der Waals surface area contributed by atoms with Crippen molar-refractivity contribution in [3.8, 4) is 0 Å². The second-order valence-corrected chi connectivity index (χ2v) is 7.21. The van der Waals surface area contributed by atoms with E-state index in [1.807, 2.05) is 19.9 Å². The Morgan fingerprint density at radius 3 is 2.13 bits per heavy atom. The monoisotopic (exact) mass is 332 g/mol. The molecule has 2 rings (SSSR count). The number of rotatable bonds is 5. The van der Waals surface area contributed by atoms with Crippen LogP contribution in [0.4, 0.5) is 5.69 Å². The molecule has 0 spiro atoms. The van der Waals surface area contributed by atoms with E-state index < -0.39 is 10.0 Å². The highest BCUT2D eigenvalue weighted by Gasteiger charge is 2.27. The van der Waals surface area contributed by atoms with Gasteiger partial charge in [0.25, 0.3) is 10.0 Å². The molecule has 0 atom stereocenters. The van der Waals surface area contributed by atoms with Gasteiger partial charge in [-0.25, -0.2) is 8.42 Å². The number of carbonyl (C=O) groups is 1. The number of carbonyl (C=O) groups excluding carboxylic acids is 1. The molecule has 0 aliphatic carbocycles. The van der Waals surface area contributed by atoms with Crippen molar-refractivity contribution in [3.63, 3.8) is 0 Å². The number of amides is 1. The summed E-state index contributed by atoms with van der Waals surface area (Å²) < 4.78 is 27.0. The summed E-state index contributed by atoms with van der Waals surface area (Å²) in [7, 11) is -2.34. The summed E-state index contributed by atoms with van der Waals surface area (Å²) in [6.45, 7) is 3.52. The number of nitrogens with zero attached hydrogens (tertiary/aromatic N) is 1. The van der Waals surface area contributed by atoms with Crippen LogP contribution in [0.3, 0.4) is 0 Å². The van der Waals surface area contributed by atoms with E-state index in [9.17, 15) is 13.2 Å². The Hall–Kier alpha value is -2.34. The maximum Gasteiger partial charge on any atom is 0.264 e. The quantitative estimate of drug-likeness (QED) is 0.913. The van der Waals surface area contributed by atoms with E-state index in [2.05, 4.69) is 5.32 Å². The first kappa shape index (κ1) is 17.0. The maximum absolute atomic E-state index is 13.0. The third-order valence-electron chi connectivity index (χ3n) is 3.39. The topological polar surface area (TPSA) is 66.5 Å². The highest BCUT2D eigenvalue weighted by atomic mass is 32.2. The van der Waals surface area contributed by atoms with Crippen LogP contribution in [0, 0.1) is 13.8 Å². The second-order valence-electron chi connectivity index (χ2n) is 5.34. The third kappa shape index (κ3) is 3.90. The minimum Gasteiger partial charge on any atom is -0.358 e. The zero-order chi connectivity index (χ0) is 17.0. The van der Waals surface area contributed by atoms with E-state index in [0.29, 0.717) is 5.69 Å². The van der Waals surface area contributed by atoms with Crippen molar-refractivity contribution < 1.29 is 13.2 Å². The molecule has 23 heavy (non-hydrogen) atoms. The lowest BCUT2D eigenvalue weighted by Gasteiger charge is -2.24. The van der Waals surface area contributed by atoms with Crippen LogP contribution in [-0.2, 0) is 14.8 Å². The molecule has 0 bridgehead atoms. The zero-order valence-corrected chi connectivity index (χ0v) is 14.2. The average molecular weight is 332 g/mol. The fourth-order valence-electron chi connectivity index (χ4n) is 2.34. The molecule has 0 unspecified atom stereocenters. The van der Waals surface area contributed by atoms with Crippen LogP contribution in [0.25, 0.3) is 0 Å². The molecule has 2 aromatic rings. The molecule has 0 saturated heterocycles. The van der Waals surface area contributed by atoms with E-state index in [1.165, 1.54) is 19.2 Å². The molecule has 6 heteroatoms. The van der Waals surface area contributed by atoms with Crippen LogP contribution in [0.2, 0.25) is 0 Å². The van der Waals surface area contributed by atoms with Crippen molar-refractivity contribution in [2.75, 3.05) is 17.9 Å². The minimum absolute atomic E-state index is 0.156. The molecule has 0 aliphatic heterocycles. The maximum atomic E-state index is 13.0. The summed E-state index contributed by atoms with van der Waals surface area (Å²) in [6.07, 6.45) is 0. The first-order chi connectivity index (χ1) is 10.8. The normalized spacial score (nSPS) is 11.1. The van der Waals surface area contributed by atoms with Crippen LogP contribution in [-0.4, -0.2) is 27.9 Å². The summed E-state index contributed by atoms with van der Waals surface area (Å²) in [5.74, 6) is -0.372. The standard InChI is InChI=1S/C17H20N2O3S/c1-13-9-14(2)11-15(10-13)19(12-17(20)18-3)23(21,22)16-7-5-4-6-8-16/h4-11H,12H2,1-3H3,(H,18,20). The van der Waals surface area contributed by atoms with Crippen molar-refractivity contribution in [2.24, 2.45) is 0 Å². The highest BCUT2D eigenvalue weighted by Crippen LogP contribution is 2.25. The van der Waals surface area contributed by atoms with E-state index >= 15 is 0 Å². The summed E-state index contributed by atoms with van der Waals surface area (Å²) in [5.41, 5.74) is 2.35. The second kappa shape index (κ2) is 6.83. The van der Waals surface area contributed by atoms with Gasteiger partial charge in [0, 0.05) is 7.05 Å².